The highest BCUT2D eigenvalue weighted by Crippen LogP contribution is 2.51. The molecule has 0 spiro atoms. The van der Waals surface area contributed by atoms with Crippen molar-refractivity contribution in [2.45, 2.75) is 96.8 Å². The summed E-state index contributed by atoms with van der Waals surface area (Å²) in [6, 6.07) is 4.42. The number of alkyl carbamates (subject to hydrolysis) is 1. The van der Waals surface area contributed by atoms with Crippen molar-refractivity contribution < 1.29 is 37.1 Å². The van der Waals surface area contributed by atoms with Crippen molar-refractivity contribution in [3.8, 4) is 0 Å². The largest absolute Gasteiger partial charge is 0.444 e. The first-order chi connectivity index (χ1) is 22.0. The number of hydrogen-bond acceptors (Lipinski definition) is 6. The first-order valence-corrected chi connectivity index (χ1v) is 16.0. The molecule has 258 valence electrons. The van der Waals surface area contributed by atoms with E-state index in [1.807, 2.05) is 19.2 Å². The van der Waals surface area contributed by atoms with Crippen LogP contribution in [0.1, 0.15) is 95.2 Å². The number of carbonyl (C=O) groups excluding carboxylic acids is 4. The van der Waals surface area contributed by atoms with Crippen LogP contribution in [-0.2, 0) is 14.3 Å². The van der Waals surface area contributed by atoms with Crippen molar-refractivity contribution in [1.82, 2.24) is 25.7 Å². The van der Waals surface area contributed by atoms with Crippen LogP contribution in [0.5, 0.6) is 0 Å². The number of ether oxygens (including phenoxy) is 1. The number of alkyl halides is 2. The molecular formula is C33H45F3N6O5. The Morgan fingerprint density at radius 1 is 0.957 bits per heavy atom. The third-order valence-corrected chi connectivity index (χ3v) is 8.23. The van der Waals surface area contributed by atoms with Crippen molar-refractivity contribution >= 4 is 29.5 Å². The molecule has 2 fully saturated rings. The van der Waals surface area contributed by atoms with Crippen LogP contribution >= 0.6 is 0 Å². The Balaban J connectivity index is 1.39. The molecule has 0 aliphatic heterocycles. The van der Waals surface area contributed by atoms with Crippen LogP contribution < -0.4 is 21.3 Å². The summed E-state index contributed by atoms with van der Waals surface area (Å²) in [4.78, 5) is 51.4. The van der Waals surface area contributed by atoms with Crippen LogP contribution in [-0.4, -0.2) is 64.3 Å². The Morgan fingerprint density at radius 3 is 2.13 bits per heavy atom. The topological polar surface area (TPSA) is 143 Å². The van der Waals surface area contributed by atoms with Crippen LogP contribution in [0.15, 0.2) is 30.5 Å². The second kappa shape index (κ2) is 14.3. The summed E-state index contributed by atoms with van der Waals surface area (Å²) in [6.45, 7) is 7.89. The van der Waals surface area contributed by atoms with E-state index >= 15 is 4.39 Å². The molecule has 4 amide bonds. The lowest BCUT2D eigenvalue weighted by Crippen LogP contribution is -2.50. The van der Waals surface area contributed by atoms with Gasteiger partial charge >= 0.3 is 6.09 Å². The van der Waals surface area contributed by atoms with Gasteiger partial charge in [-0.3, -0.25) is 19.1 Å². The number of rotatable bonds is 14. The first-order valence-electron chi connectivity index (χ1n) is 16.0. The fourth-order valence-electron chi connectivity index (χ4n) is 5.56. The van der Waals surface area contributed by atoms with E-state index in [1.165, 1.54) is 25.3 Å². The predicted octanol–water partition coefficient (Wildman–Crippen LogP) is 5.16. The molecule has 0 saturated heterocycles. The van der Waals surface area contributed by atoms with Gasteiger partial charge in [0.15, 0.2) is 0 Å². The highest BCUT2D eigenvalue weighted by atomic mass is 19.3. The van der Waals surface area contributed by atoms with Crippen LogP contribution in [0.2, 0.25) is 0 Å². The first kappa shape index (κ1) is 35.7. The number of benzene rings is 1. The Labute approximate surface area is 272 Å². The van der Waals surface area contributed by atoms with E-state index in [1.54, 1.807) is 31.5 Å². The lowest BCUT2D eigenvalue weighted by molar-refractivity contribution is -0.124. The van der Waals surface area contributed by atoms with E-state index in [4.69, 9.17) is 4.74 Å². The monoisotopic (exact) mass is 662 g/mol. The number of aromatic nitrogens is 2. The van der Waals surface area contributed by atoms with Crippen LogP contribution in [0.3, 0.4) is 0 Å². The maximum atomic E-state index is 15.3. The van der Waals surface area contributed by atoms with Gasteiger partial charge in [0.05, 0.1) is 24.7 Å². The Hall–Kier alpha value is -4.10. The van der Waals surface area contributed by atoms with E-state index < -0.39 is 66.2 Å². The number of amides is 4. The lowest BCUT2D eigenvalue weighted by Gasteiger charge is -2.28. The van der Waals surface area contributed by atoms with Gasteiger partial charge in [0.25, 0.3) is 11.8 Å². The summed E-state index contributed by atoms with van der Waals surface area (Å²) in [5.74, 6) is -6.56. The minimum atomic E-state index is -3.47. The average molecular weight is 663 g/mol. The molecule has 2 aliphatic rings. The second-order valence-electron chi connectivity index (χ2n) is 13.8. The third kappa shape index (κ3) is 9.94. The molecule has 1 aromatic heterocycles. The Bertz CT molecular complexity index is 1450. The summed E-state index contributed by atoms with van der Waals surface area (Å²) < 4.78 is 50.5. The maximum absolute atomic E-state index is 15.3. The van der Waals surface area contributed by atoms with Gasteiger partial charge < -0.3 is 26.0 Å². The third-order valence-electron chi connectivity index (χ3n) is 8.23. The van der Waals surface area contributed by atoms with Crippen LogP contribution in [0.25, 0.3) is 0 Å². The van der Waals surface area contributed by atoms with Gasteiger partial charge in [-0.1, -0.05) is 6.07 Å². The molecule has 0 bridgehead atoms. The van der Waals surface area contributed by atoms with E-state index in [2.05, 4.69) is 21.0 Å². The molecule has 47 heavy (non-hydrogen) atoms. The number of halogens is 3. The average Bonchev–Trinajstić information content (AvgIpc) is 3.93. The highest BCUT2D eigenvalue weighted by molar-refractivity contribution is 6.01. The fourth-order valence-corrected chi connectivity index (χ4v) is 5.56. The lowest BCUT2D eigenvalue weighted by atomic mass is 9.88. The fraction of sp³-hybridized carbons (Fsp3) is 0.606. The summed E-state index contributed by atoms with van der Waals surface area (Å²) >= 11 is 0. The van der Waals surface area contributed by atoms with Crippen molar-refractivity contribution in [3.05, 3.63) is 47.5 Å². The zero-order valence-corrected chi connectivity index (χ0v) is 27.7. The molecule has 11 nitrogen and oxygen atoms in total. The maximum Gasteiger partial charge on any atom is 0.407 e. The summed E-state index contributed by atoms with van der Waals surface area (Å²) in [7, 11) is 0. The Morgan fingerprint density at radius 2 is 1.57 bits per heavy atom. The number of carbonyl (C=O) groups is 4. The second-order valence-corrected chi connectivity index (χ2v) is 13.8. The summed E-state index contributed by atoms with van der Waals surface area (Å²) in [6.07, 6.45) is 4.35. The van der Waals surface area contributed by atoms with Gasteiger partial charge in [0.2, 0.25) is 11.8 Å². The van der Waals surface area contributed by atoms with Gasteiger partial charge in [-0.15, -0.1) is 0 Å². The van der Waals surface area contributed by atoms with E-state index in [0.29, 0.717) is 17.5 Å². The van der Waals surface area contributed by atoms with Crippen molar-refractivity contribution in [2.75, 3.05) is 18.4 Å². The summed E-state index contributed by atoms with van der Waals surface area (Å²) in [5.41, 5.74) is -0.470. The smallest absolute Gasteiger partial charge is 0.407 e. The number of nitrogens with zero attached hydrogens (tertiary/aromatic N) is 2. The minimum Gasteiger partial charge on any atom is -0.444 e. The van der Waals surface area contributed by atoms with Crippen molar-refractivity contribution in [2.24, 2.45) is 17.8 Å². The minimum absolute atomic E-state index is 0.0737. The molecule has 1 aromatic carbocycles. The highest BCUT2D eigenvalue weighted by Gasteiger charge is 2.48. The number of anilines is 1. The van der Waals surface area contributed by atoms with Crippen molar-refractivity contribution in [3.63, 3.8) is 0 Å². The van der Waals surface area contributed by atoms with E-state index in [-0.39, 0.29) is 23.2 Å². The molecule has 0 unspecified atom stereocenters. The molecule has 1 heterocycles. The molecule has 2 aromatic rings. The molecule has 14 heteroatoms. The zero-order valence-electron chi connectivity index (χ0n) is 27.7. The van der Waals surface area contributed by atoms with Crippen molar-refractivity contribution in [1.29, 1.82) is 0 Å². The van der Waals surface area contributed by atoms with Crippen LogP contribution in [0, 0.1) is 23.6 Å². The SMILES string of the molecule is CC(C)n1nccc1C(=O)N[C@H](C(=O)Nc1ccc([C@H](C)C(=O)NCC(F)(F)CNC(=O)OC(C)(C)C)cc1F)C(C1CC1)C1CC1. The Kier molecular flexibility index (Phi) is 10.9. The normalized spacial score (nSPS) is 16.4. The standard InChI is InChI=1S/C33H45F3N6O5/c1-18(2)42-25(13-14-39-42)29(44)41-27(26(20-7-8-20)21-9-10-21)30(45)40-24-12-11-22(15-23(24)34)19(3)28(43)37-16-33(35,36)17-38-31(46)47-32(4,5)6/h11-15,18-21,26-27H,7-10,16-17H2,1-6H3,(H,37,43)(H,38,46)(H,40,45)(H,41,44)/t19-,27-/m0/s1. The molecule has 4 N–H and O–H groups in total. The van der Waals surface area contributed by atoms with E-state index in [9.17, 15) is 28.0 Å². The molecule has 2 aliphatic carbocycles. The quantitative estimate of drug-likeness (QED) is 0.220. The van der Waals surface area contributed by atoms with Gasteiger partial charge in [-0.2, -0.15) is 5.10 Å². The molecule has 4 rings (SSSR count). The predicted molar refractivity (Wildman–Crippen MR) is 168 cm³/mol. The number of nitrogens with one attached hydrogen (secondary N) is 4. The number of hydrogen-bond donors (Lipinski definition) is 4. The molecule has 2 atom stereocenters. The van der Waals surface area contributed by atoms with Gasteiger partial charge in [-0.25, -0.2) is 18.0 Å². The van der Waals surface area contributed by atoms with Gasteiger partial charge in [0, 0.05) is 12.2 Å². The molecular weight excluding hydrogens is 617 g/mol. The molecule has 2 saturated carbocycles. The summed E-state index contributed by atoms with van der Waals surface area (Å²) in [5, 5.41) is 13.9. The van der Waals surface area contributed by atoms with Gasteiger partial charge in [-0.05, 0) is 109 Å². The van der Waals surface area contributed by atoms with Crippen LogP contribution in [0.4, 0.5) is 23.7 Å². The van der Waals surface area contributed by atoms with E-state index in [0.717, 1.165) is 31.7 Å². The zero-order chi connectivity index (χ0) is 34.7. The molecule has 0 radical (unpaired) electrons. The van der Waals surface area contributed by atoms with Gasteiger partial charge in [0.1, 0.15) is 23.2 Å².